The molecular formula is C31H51F4N2O9P. The molecule has 0 amide bonds. The van der Waals surface area contributed by atoms with Crippen molar-refractivity contribution in [3.8, 4) is 0 Å². The molecule has 16 heteroatoms. The minimum atomic E-state index is -5.30. The Kier molecular flexibility index (Phi) is 17.1. The second-order valence-electron chi connectivity index (χ2n) is 12.7. The number of aliphatic hydroxyl groups excluding tert-OH is 1. The molecule has 1 aliphatic heterocycles. The number of aromatic nitrogens is 2. The average Bonchev–Trinajstić information content (AvgIpc) is 3.39. The van der Waals surface area contributed by atoms with Gasteiger partial charge >= 0.3 is 19.7 Å². The highest BCUT2D eigenvalue weighted by Gasteiger charge is 2.55. The number of alkyl halides is 3. The summed E-state index contributed by atoms with van der Waals surface area (Å²) in [5.74, 6) is -0.425. The number of unbranched alkanes of at least 4 members (excludes halogenated alkanes) is 10. The molecule has 47 heavy (non-hydrogen) atoms. The SMILES string of the molecule is O=c1[nH]c(=O)n([C@H]2C[C@H](O)[C@@H]([C@H](OP(=O)(O)OCCOCCCCCCCCCCCCCC3CCCCC3)C(F)(F)F)O2)cc1F. The number of hydrogen-bond donors (Lipinski definition) is 3. The number of hydrogen-bond acceptors (Lipinski definition) is 8. The quantitative estimate of drug-likeness (QED) is 0.0685. The Morgan fingerprint density at radius 2 is 1.53 bits per heavy atom. The molecule has 3 N–H and O–H groups in total. The van der Waals surface area contributed by atoms with Crippen LogP contribution in [0.4, 0.5) is 17.6 Å². The third-order valence-corrected chi connectivity index (χ3v) is 9.85. The fourth-order valence-electron chi connectivity index (χ4n) is 6.29. The summed E-state index contributed by atoms with van der Waals surface area (Å²) in [4.78, 5) is 34.7. The highest BCUT2D eigenvalue weighted by Crippen LogP contribution is 2.49. The molecule has 272 valence electrons. The molecule has 5 atom stereocenters. The zero-order valence-electron chi connectivity index (χ0n) is 27.0. The van der Waals surface area contributed by atoms with Gasteiger partial charge in [0.15, 0.2) is 6.10 Å². The zero-order valence-corrected chi connectivity index (χ0v) is 27.9. The minimum absolute atomic E-state index is 0.156. The van der Waals surface area contributed by atoms with Crippen LogP contribution in [-0.4, -0.2) is 63.9 Å². The number of halogens is 4. The number of H-pyrrole nitrogens is 1. The van der Waals surface area contributed by atoms with Crippen LogP contribution in [0.1, 0.15) is 122 Å². The molecule has 0 bridgehead atoms. The van der Waals surface area contributed by atoms with Gasteiger partial charge in [0, 0.05) is 13.0 Å². The number of aliphatic hydroxyl groups is 1. The lowest BCUT2D eigenvalue weighted by Crippen LogP contribution is -2.46. The van der Waals surface area contributed by atoms with Crippen molar-refractivity contribution in [1.29, 1.82) is 0 Å². The van der Waals surface area contributed by atoms with Gasteiger partial charge in [-0.1, -0.05) is 103 Å². The van der Waals surface area contributed by atoms with Crippen LogP contribution in [0.15, 0.2) is 15.8 Å². The fourth-order valence-corrected chi connectivity index (χ4v) is 7.19. The Morgan fingerprint density at radius 3 is 2.15 bits per heavy atom. The molecule has 1 aliphatic carbocycles. The predicted molar refractivity (Wildman–Crippen MR) is 165 cm³/mol. The second-order valence-corrected chi connectivity index (χ2v) is 14.1. The van der Waals surface area contributed by atoms with E-state index >= 15 is 0 Å². The van der Waals surface area contributed by atoms with E-state index in [9.17, 15) is 41.7 Å². The summed E-state index contributed by atoms with van der Waals surface area (Å²) in [5.41, 5.74) is -2.54. The lowest BCUT2D eigenvalue weighted by Gasteiger charge is -2.28. The van der Waals surface area contributed by atoms with Crippen LogP contribution < -0.4 is 11.2 Å². The van der Waals surface area contributed by atoms with Crippen LogP contribution in [0.5, 0.6) is 0 Å². The summed E-state index contributed by atoms with van der Waals surface area (Å²) in [7, 11) is -5.30. The van der Waals surface area contributed by atoms with Crippen LogP contribution in [-0.2, 0) is 23.1 Å². The lowest BCUT2D eigenvalue weighted by atomic mass is 9.85. The van der Waals surface area contributed by atoms with E-state index in [-0.39, 0.29) is 6.61 Å². The van der Waals surface area contributed by atoms with Gasteiger partial charge in [-0.2, -0.15) is 17.6 Å². The maximum Gasteiger partial charge on any atom is 0.472 e. The predicted octanol–water partition coefficient (Wildman–Crippen LogP) is 6.67. The van der Waals surface area contributed by atoms with E-state index in [2.05, 4.69) is 9.05 Å². The monoisotopic (exact) mass is 702 g/mol. The summed E-state index contributed by atoms with van der Waals surface area (Å²) in [6.07, 6.45) is 7.16. The Morgan fingerprint density at radius 1 is 0.936 bits per heavy atom. The van der Waals surface area contributed by atoms with E-state index in [1.54, 1.807) is 4.98 Å². The molecular weight excluding hydrogens is 651 g/mol. The summed E-state index contributed by atoms with van der Waals surface area (Å²) >= 11 is 0. The van der Waals surface area contributed by atoms with Gasteiger partial charge in [0.05, 0.1) is 25.5 Å². The maximum atomic E-state index is 13.8. The van der Waals surface area contributed by atoms with Gasteiger partial charge in [-0.3, -0.25) is 23.4 Å². The van der Waals surface area contributed by atoms with Crippen LogP contribution in [0.2, 0.25) is 0 Å². The Balaban J connectivity index is 1.23. The molecule has 2 fully saturated rings. The molecule has 1 unspecified atom stereocenters. The molecule has 2 heterocycles. The van der Waals surface area contributed by atoms with E-state index in [0.29, 0.717) is 17.4 Å². The van der Waals surface area contributed by atoms with E-state index in [1.807, 2.05) is 0 Å². The third kappa shape index (κ3) is 14.4. The highest BCUT2D eigenvalue weighted by atomic mass is 31.2. The summed E-state index contributed by atoms with van der Waals surface area (Å²) in [6.45, 7) is -0.321. The van der Waals surface area contributed by atoms with Crippen LogP contribution in [0.25, 0.3) is 0 Å². The molecule has 2 aliphatic rings. The van der Waals surface area contributed by atoms with Crippen molar-refractivity contribution in [2.75, 3.05) is 19.8 Å². The third-order valence-electron chi connectivity index (χ3n) is 8.85. The number of ether oxygens (including phenoxy) is 2. The Bertz CT molecular complexity index is 1210. The Labute approximate surface area is 272 Å². The van der Waals surface area contributed by atoms with Gasteiger partial charge in [-0.25, -0.2) is 9.36 Å². The second kappa shape index (κ2) is 20.2. The molecule has 1 aromatic heterocycles. The summed E-state index contributed by atoms with van der Waals surface area (Å²) in [6, 6.07) is 0. The van der Waals surface area contributed by atoms with E-state index in [4.69, 9.17) is 9.47 Å². The van der Waals surface area contributed by atoms with Gasteiger partial charge in [0.1, 0.15) is 12.3 Å². The summed E-state index contributed by atoms with van der Waals surface area (Å²) in [5, 5.41) is 10.2. The first-order valence-electron chi connectivity index (χ1n) is 17.0. The van der Waals surface area contributed by atoms with Crippen LogP contribution >= 0.6 is 7.82 Å². The van der Waals surface area contributed by atoms with Gasteiger partial charge in [-0.15, -0.1) is 0 Å². The van der Waals surface area contributed by atoms with Gasteiger partial charge in [0.25, 0.3) is 5.56 Å². The number of nitrogens with one attached hydrogen (secondary N) is 1. The van der Waals surface area contributed by atoms with E-state index in [0.717, 1.165) is 31.6 Å². The number of phosphoric acid groups is 1. The van der Waals surface area contributed by atoms with Crippen LogP contribution in [0.3, 0.4) is 0 Å². The lowest BCUT2D eigenvalue weighted by molar-refractivity contribution is -0.240. The van der Waals surface area contributed by atoms with Crippen molar-refractivity contribution in [2.24, 2.45) is 5.92 Å². The zero-order chi connectivity index (χ0) is 34.3. The first-order valence-corrected chi connectivity index (χ1v) is 18.5. The number of aromatic amines is 1. The molecule has 3 rings (SSSR count). The van der Waals surface area contributed by atoms with Crippen molar-refractivity contribution < 1.29 is 50.6 Å². The maximum absolute atomic E-state index is 13.8. The molecule has 1 saturated heterocycles. The topological polar surface area (TPSA) is 149 Å². The number of phosphoric ester groups is 1. The van der Waals surface area contributed by atoms with Crippen molar-refractivity contribution >= 4 is 7.82 Å². The Hall–Kier alpha value is -1.61. The van der Waals surface area contributed by atoms with Gasteiger partial charge in [-0.05, 0) is 12.3 Å². The largest absolute Gasteiger partial charge is 0.472 e. The van der Waals surface area contributed by atoms with E-state index < -0.39 is 68.6 Å². The van der Waals surface area contributed by atoms with E-state index in [1.165, 1.54) is 83.5 Å². The molecule has 11 nitrogen and oxygen atoms in total. The number of rotatable bonds is 22. The van der Waals surface area contributed by atoms with Crippen molar-refractivity contribution in [1.82, 2.24) is 9.55 Å². The van der Waals surface area contributed by atoms with Crippen LogP contribution in [0, 0.1) is 11.7 Å². The van der Waals surface area contributed by atoms with Crippen molar-refractivity contribution in [3.05, 3.63) is 32.9 Å². The fraction of sp³-hybridized carbons (Fsp3) is 0.871. The molecule has 0 radical (unpaired) electrons. The minimum Gasteiger partial charge on any atom is -0.390 e. The first kappa shape index (κ1) is 39.8. The summed E-state index contributed by atoms with van der Waals surface area (Å²) < 4.78 is 87.2. The smallest absolute Gasteiger partial charge is 0.390 e. The standard InChI is InChI=1S/C31H51F4N2O9P/c32-24-22-37(30(40)36-29(24)39)26-21-25(38)27(45-26)28(31(33,34)35)46-47(41,42)44-20-19-43-18-14-9-7-5-3-1-2-4-6-8-11-15-23-16-12-10-13-17-23/h22-23,25-28,38H,1-21H2,(H,41,42)(H,36,39,40)/t25-,26+,27-,28-/m0/s1. The molecule has 1 aromatic rings. The molecule has 0 spiro atoms. The normalized spacial score (nSPS) is 22.8. The van der Waals surface area contributed by atoms with Gasteiger partial charge < -0.3 is 19.5 Å². The highest BCUT2D eigenvalue weighted by molar-refractivity contribution is 7.47. The molecule has 1 saturated carbocycles. The van der Waals surface area contributed by atoms with Crippen molar-refractivity contribution in [3.63, 3.8) is 0 Å². The average molecular weight is 703 g/mol. The van der Waals surface area contributed by atoms with Gasteiger partial charge in [0.2, 0.25) is 5.82 Å². The number of nitrogens with zero attached hydrogens (tertiary/aromatic N) is 1. The molecule has 0 aromatic carbocycles. The van der Waals surface area contributed by atoms with Crippen molar-refractivity contribution in [2.45, 2.75) is 146 Å². The first-order chi connectivity index (χ1) is 22.4.